The van der Waals surface area contributed by atoms with Crippen molar-refractivity contribution in [2.45, 2.75) is 31.6 Å². The molecular formula is C17H20N4O2S. The Balaban J connectivity index is 1.14. The van der Waals surface area contributed by atoms with E-state index in [4.69, 9.17) is 0 Å². The van der Waals surface area contributed by atoms with Crippen molar-refractivity contribution in [3.05, 3.63) is 18.0 Å². The van der Waals surface area contributed by atoms with Crippen molar-refractivity contribution in [1.82, 2.24) is 14.3 Å². The van der Waals surface area contributed by atoms with Crippen LogP contribution in [-0.4, -0.2) is 39.2 Å². The van der Waals surface area contributed by atoms with Crippen molar-refractivity contribution in [3.8, 4) is 0 Å². The van der Waals surface area contributed by atoms with Gasteiger partial charge in [0.05, 0.1) is 11.8 Å². The number of rotatable bonds is 6. The fourth-order valence-corrected chi connectivity index (χ4v) is 5.10. The lowest BCUT2D eigenvalue weighted by molar-refractivity contribution is -0.140. The molecule has 5 rings (SSSR count). The van der Waals surface area contributed by atoms with Gasteiger partial charge in [-0.05, 0) is 37.5 Å². The highest BCUT2D eigenvalue weighted by atomic mass is 32.1. The SMILES string of the molecule is O=C1C2C3C=CC(C3)C2C(=O)N1CCCNc1nc(C2CC2)ns1. The standard InChI is InChI=1S/C17H20N4O2S/c22-15-12-10-4-5-11(8-10)13(12)16(23)21(15)7-1-6-18-17-19-14(20-24-17)9-2-3-9/h4-5,9-13H,1-3,6-8H2,(H,18,19,20). The molecular weight excluding hydrogens is 324 g/mol. The molecule has 4 atom stereocenters. The Hall–Kier alpha value is -1.76. The smallest absolute Gasteiger partial charge is 0.233 e. The number of nitrogens with one attached hydrogen (secondary N) is 1. The van der Waals surface area contributed by atoms with E-state index in [1.165, 1.54) is 29.3 Å². The Morgan fingerprint density at radius 1 is 1.17 bits per heavy atom. The first kappa shape index (κ1) is 14.6. The maximum Gasteiger partial charge on any atom is 0.233 e. The second kappa shape index (κ2) is 5.37. The summed E-state index contributed by atoms with van der Waals surface area (Å²) in [5.41, 5.74) is 0. The van der Waals surface area contributed by atoms with Gasteiger partial charge in [-0.15, -0.1) is 0 Å². The number of nitrogens with zero attached hydrogens (tertiary/aromatic N) is 3. The van der Waals surface area contributed by atoms with E-state index < -0.39 is 0 Å². The van der Waals surface area contributed by atoms with Crippen LogP contribution in [0.5, 0.6) is 0 Å². The monoisotopic (exact) mass is 344 g/mol. The summed E-state index contributed by atoms with van der Waals surface area (Å²) < 4.78 is 4.36. The van der Waals surface area contributed by atoms with Crippen LogP contribution in [0.15, 0.2) is 12.2 Å². The molecule has 1 saturated heterocycles. The van der Waals surface area contributed by atoms with Gasteiger partial charge in [-0.25, -0.2) is 4.98 Å². The fourth-order valence-electron chi connectivity index (χ4n) is 4.43. The first-order chi connectivity index (χ1) is 11.7. The van der Waals surface area contributed by atoms with Gasteiger partial charge >= 0.3 is 0 Å². The lowest BCUT2D eigenvalue weighted by Gasteiger charge is -2.17. The summed E-state index contributed by atoms with van der Waals surface area (Å²) in [6.45, 7) is 1.21. The van der Waals surface area contributed by atoms with E-state index in [1.807, 2.05) is 0 Å². The lowest BCUT2D eigenvalue weighted by Crippen LogP contribution is -2.34. The largest absolute Gasteiger partial charge is 0.360 e. The maximum atomic E-state index is 12.6. The van der Waals surface area contributed by atoms with Crippen LogP contribution in [0.4, 0.5) is 5.13 Å². The van der Waals surface area contributed by atoms with Gasteiger partial charge < -0.3 is 5.32 Å². The molecule has 2 amide bonds. The van der Waals surface area contributed by atoms with Crippen molar-refractivity contribution in [3.63, 3.8) is 0 Å². The Labute approximate surface area is 144 Å². The van der Waals surface area contributed by atoms with Crippen LogP contribution in [0.2, 0.25) is 0 Å². The van der Waals surface area contributed by atoms with Crippen LogP contribution in [0.1, 0.15) is 37.4 Å². The third kappa shape index (κ3) is 2.21. The molecule has 1 N–H and O–H groups in total. The van der Waals surface area contributed by atoms with Crippen LogP contribution in [-0.2, 0) is 9.59 Å². The number of carbonyl (C=O) groups is 2. The summed E-state index contributed by atoms with van der Waals surface area (Å²) in [4.78, 5) is 31.1. The minimum Gasteiger partial charge on any atom is -0.360 e. The van der Waals surface area contributed by atoms with Gasteiger partial charge in [0, 0.05) is 30.5 Å². The van der Waals surface area contributed by atoms with E-state index in [0.717, 1.165) is 23.8 Å². The average molecular weight is 344 g/mol. The van der Waals surface area contributed by atoms with Crippen LogP contribution in [0.25, 0.3) is 0 Å². The highest BCUT2D eigenvalue weighted by molar-refractivity contribution is 7.09. The zero-order chi connectivity index (χ0) is 16.3. The second-order valence-corrected chi connectivity index (χ2v) is 8.09. The molecule has 1 aromatic heterocycles. The number of carbonyl (C=O) groups excluding carboxylic acids is 2. The molecule has 1 aliphatic heterocycles. The molecule has 7 heteroatoms. The van der Waals surface area contributed by atoms with Crippen molar-refractivity contribution in [2.75, 3.05) is 18.4 Å². The zero-order valence-corrected chi connectivity index (χ0v) is 14.2. The van der Waals surface area contributed by atoms with Crippen molar-refractivity contribution >= 4 is 28.5 Å². The molecule has 24 heavy (non-hydrogen) atoms. The van der Waals surface area contributed by atoms with Gasteiger partial charge in [0.1, 0.15) is 5.82 Å². The molecule has 2 saturated carbocycles. The second-order valence-electron chi connectivity index (χ2n) is 7.34. The van der Waals surface area contributed by atoms with E-state index in [1.54, 1.807) is 0 Å². The maximum absolute atomic E-state index is 12.6. The Bertz CT molecular complexity index is 696. The number of amides is 2. The highest BCUT2D eigenvalue weighted by Crippen LogP contribution is 2.52. The molecule has 2 heterocycles. The number of aromatic nitrogens is 2. The van der Waals surface area contributed by atoms with Gasteiger partial charge in [-0.2, -0.15) is 4.37 Å². The summed E-state index contributed by atoms with van der Waals surface area (Å²) in [5.74, 6) is 2.06. The van der Waals surface area contributed by atoms with Crippen LogP contribution < -0.4 is 5.32 Å². The molecule has 126 valence electrons. The normalized spacial score (nSPS) is 33.6. The molecule has 3 fully saturated rings. The quantitative estimate of drug-likeness (QED) is 0.485. The molecule has 4 aliphatic rings. The number of hydrogen-bond acceptors (Lipinski definition) is 6. The van der Waals surface area contributed by atoms with Crippen molar-refractivity contribution in [2.24, 2.45) is 23.7 Å². The zero-order valence-electron chi connectivity index (χ0n) is 13.4. The summed E-state index contributed by atoms with van der Waals surface area (Å²) in [5, 5.41) is 4.11. The Morgan fingerprint density at radius 2 is 1.88 bits per heavy atom. The van der Waals surface area contributed by atoms with Gasteiger partial charge in [0.15, 0.2) is 0 Å². The summed E-state index contributed by atoms with van der Waals surface area (Å²) >= 11 is 1.40. The summed E-state index contributed by atoms with van der Waals surface area (Å²) in [7, 11) is 0. The van der Waals surface area contributed by atoms with Gasteiger partial charge in [-0.1, -0.05) is 12.2 Å². The van der Waals surface area contributed by atoms with E-state index in [-0.39, 0.29) is 23.7 Å². The molecule has 3 aliphatic carbocycles. The molecule has 1 aromatic rings. The number of likely N-dealkylation sites (tertiary alicyclic amines) is 1. The third-order valence-electron chi connectivity index (χ3n) is 5.78. The van der Waals surface area contributed by atoms with Crippen LogP contribution in [0, 0.1) is 23.7 Å². The first-order valence-electron chi connectivity index (χ1n) is 8.83. The predicted molar refractivity (Wildman–Crippen MR) is 89.4 cm³/mol. The highest BCUT2D eigenvalue weighted by Gasteiger charge is 2.58. The predicted octanol–water partition coefficient (Wildman–Crippen LogP) is 2.02. The van der Waals surface area contributed by atoms with E-state index in [9.17, 15) is 9.59 Å². The number of hydrogen-bond donors (Lipinski definition) is 1. The summed E-state index contributed by atoms with van der Waals surface area (Å²) in [6, 6.07) is 0. The van der Waals surface area contributed by atoms with Crippen molar-refractivity contribution < 1.29 is 9.59 Å². The van der Waals surface area contributed by atoms with E-state index in [2.05, 4.69) is 26.8 Å². The number of imide groups is 1. The molecule has 6 nitrogen and oxygen atoms in total. The number of anilines is 1. The average Bonchev–Trinajstić information content (AvgIpc) is 2.96. The molecule has 0 spiro atoms. The van der Waals surface area contributed by atoms with E-state index in [0.29, 0.717) is 30.8 Å². The van der Waals surface area contributed by atoms with Crippen LogP contribution in [0.3, 0.4) is 0 Å². The molecule has 2 bridgehead atoms. The Morgan fingerprint density at radius 3 is 2.54 bits per heavy atom. The van der Waals surface area contributed by atoms with Crippen LogP contribution >= 0.6 is 11.5 Å². The molecule has 0 aromatic carbocycles. The minimum atomic E-state index is -0.0790. The number of allylic oxidation sites excluding steroid dienone is 2. The minimum absolute atomic E-state index is 0.0498. The van der Waals surface area contributed by atoms with E-state index >= 15 is 0 Å². The molecule has 0 radical (unpaired) electrons. The topological polar surface area (TPSA) is 75.2 Å². The van der Waals surface area contributed by atoms with Gasteiger partial charge in [0.2, 0.25) is 16.9 Å². The third-order valence-corrected chi connectivity index (χ3v) is 6.47. The molecule has 4 unspecified atom stereocenters. The van der Waals surface area contributed by atoms with Gasteiger partial charge in [-0.3, -0.25) is 14.5 Å². The summed E-state index contributed by atoms with van der Waals surface area (Å²) in [6.07, 6.45) is 8.41. The van der Waals surface area contributed by atoms with Gasteiger partial charge in [0.25, 0.3) is 0 Å². The lowest BCUT2D eigenvalue weighted by atomic mass is 9.85. The Kier molecular flexibility index (Phi) is 3.26. The first-order valence-corrected chi connectivity index (χ1v) is 9.61. The van der Waals surface area contributed by atoms with Crippen molar-refractivity contribution in [1.29, 1.82) is 0 Å². The number of fused-ring (bicyclic) bond motifs is 5. The fraction of sp³-hybridized carbons (Fsp3) is 0.647.